The summed E-state index contributed by atoms with van der Waals surface area (Å²) in [6.45, 7) is 4.74. The zero-order valence-electron chi connectivity index (χ0n) is 11.9. The smallest absolute Gasteiger partial charge is 0.325 e. The number of nitrogens with one attached hydrogen (secondary N) is 2. The Bertz CT molecular complexity index is 604. The summed E-state index contributed by atoms with van der Waals surface area (Å²) >= 11 is 0. The second-order valence-electron chi connectivity index (χ2n) is 5.23. The first-order valence-corrected chi connectivity index (χ1v) is 6.64. The van der Waals surface area contributed by atoms with Crippen LogP contribution < -0.4 is 10.1 Å². The third-order valence-corrected chi connectivity index (χ3v) is 3.21. The average Bonchev–Trinajstić information content (AvgIpc) is 2.81. The maximum atomic E-state index is 11.5. The standard InChI is InChI=1S/C15H20N2O3/c1-9(2)7-17-14(15(18)19)12-8-16-13-5-4-10(20-3)6-11(12)13/h4-6,8-9,14,16-17H,7H2,1-3H3,(H,18,19)/t14-/m1/s1. The molecule has 0 bridgehead atoms. The van der Waals surface area contributed by atoms with E-state index in [9.17, 15) is 9.90 Å². The van der Waals surface area contributed by atoms with Gasteiger partial charge in [0.25, 0.3) is 0 Å². The Morgan fingerprint density at radius 1 is 1.45 bits per heavy atom. The molecule has 0 unspecified atom stereocenters. The fourth-order valence-electron chi connectivity index (χ4n) is 2.17. The first kappa shape index (κ1) is 14.4. The van der Waals surface area contributed by atoms with Crippen molar-refractivity contribution in [3.8, 4) is 5.75 Å². The first-order valence-electron chi connectivity index (χ1n) is 6.64. The number of hydrogen-bond donors (Lipinski definition) is 3. The molecular weight excluding hydrogens is 256 g/mol. The fraction of sp³-hybridized carbons (Fsp3) is 0.400. The largest absolute Gasteiger partial charge is 0.497 e. The molecule has 0 saturated carbocycles. The number of carbonyl (C=O) groups is 1. The highest BCUT2D eigenvalue weighted by molar-refractivity contribution is 5.90. The van der Waals surface area contributed by atoms with E-state index < -0.39 is 12.0 Å². The van der Waals surface area contributed by atoms with Gasteiger partial charge in [-0.25, -0.2) is 0 Å². The second-order valence-corrected chi connectivity index (χ2v) is 5.23. The molecule has 20 heavy (non-hydrogen) atoms. The molecule has 1 aromatic heterocycles. The molecule has 3 N–H and O–H groups in total. The van der Waals surface area contributed by atoms with Gasteiger partial charge in [-0.1, -0.05) is 13.8 Å². The maximum absolute atomic E-state index is 11.5. The number of aromatic nitrogens is 1. The molecule has 1 heterocycles. The van der Waals surface area contributed by atoms with Crippen LogP contribution in [0, 0.1) is 5.92 Å². The topological polar surface area (TPSA) is 74.3 Å². The summed E-state index contributed by atoms with van der Waals surface area (Å²) in [7, 11) is 1.60. The summed E-state index contributed by atoms with van der Waals surface area (Å²) in [6.07, 6.45) is 1.75. The number of aliphatic carboxylic acids is 1. The number of carboxylic acids is 1. The molecule has 108 valence electrons. The lowest BCUT2D eigenvalue weighted by Gasteiger charge is -2.15. The molecule has 0 amide bonds. The molecule has 0 spiro atoms. The predicted molar refractivity (Wildman–Crippen MR) is 78.1 cm³/mol. The van der Waals surface area contributed by atoms with Crippen LogP contribution in [0.5, 0.6) is 5.75 Å². The number of ether oxygens (including phenoxy) is 1. The minimum absolute atomic E-state index is 0.386. The van der Waals surface area contributed by atoms with Gasteiger partial charge in [0.05, 0.1) is 7.11 Å². The molecule has 0 radical (unpaired) electrons. The molecule has 0 aliphatic heterocycles. The quantitative estimate of drug-likeness (QED) is 0.758. The molecule has 0 fully saturated rings. The molecule has 1 atom stereocenters. The van der Waals surface area contributed by atoms with Gasteiger partial charge in [-0.3, -0.25) is 4.79 Å². The zero-order chi connectivity index (χ0) is 14.7. The van der Waals surface area contributed by atoms with E-state index in [1.54, 1.807) is 13.3 Å². The van der Waals surface area contributed by atoms with Crippen molar-refractivity contribution in [2.45, 2.75) is 19.9 Å². The third kappa shape index (κ3) is 2.93. The van der Waals surface area contributed by atoms with Gasteiger partial charge in [-0.05, 0) is 30.7 Å². The predicted octanol–water partition coefficient (Wildman–Crippen LogP) is 2.55. The lowest BCUT2D eigenvalue weighted by Crippen LogP contribution is -2.31. The van der Waals surface area contributed by atoms with Crippen LogP contribution in [-0.2, 0) is 4.79 Å². The molecule has 0 aliphatic carbocycles. The SMILES string of the molecule is COc1ccc2[nH]cc([C@@H](NCC(C)C)C(=O)O)c2c1. The van der Waals surface area contributed by atoms with Crippen molar-refractivity contribution < 1.29 is 14.6 Å². The van der Waals surface area contributed by atoms with Crippen LogP contribution in [0.2, 0.25) is 0 Å². The van der Waals surface area contributed by atoms with Crippen molar-refractivity contribution in [2.24, 2.45) is 5.92 Å². The van der Waals surface area contributed by atoms with E-state index >= 15 is 0 Å². The van der Waals surface area contributed by atoms with E-state index in [-0.39, 0.29) is 0 Å². The van der Waals surface area contributed by atoms with E-state index in [1.165, 1.54) is 0 Å². The van der Waals surface area contributed by atoms with Crippen LogP contribution in [0.25, 0.3) is 10.9 Å². The molecule has 5 heteroatoms. The molecule has 0 saturated heterocycles. The Morgan fingerprint density at radius 3 is 2.80 bits per heavy atom. The first-order chi connectivity index (χ1) is 9.52. The number of benzene rings is 1. The number of hydrogen-bond acceptors (Lipinski definition) is 3. The van der Waals surface area contributed by atoms with E-state index in [4.69, 9.17) is 4.74 Å². The summed E-state index contributed by atoms with van der Waals surface area (Å²) in [5.41, 5.74) is 1.63. The molecule has 2 aromatic rings. The van der Waals surface area contributed by atoms with E-state index in [0.29, 0.717) is 18.2 Å². The second kappa shape index (κ2) is 5.96. The average molecular weight is 276 g/mol. The third-order valence-electron chi connectivity index (χ3n) is 3.21. The number of fused-ring (bicyclic) bond motifs is 1. The summed E-state index contributed by atoms with van der Waals surface area (Å²) in [5, 5.41) is 13.4. The monoisotopic (exact) mass is 276 g/mol. The molecule has 1 aromatic carbocycles. The van der Waals surface area contributed by atoms with Gasteiger partial charge in [0.15, 0.2) is 0 Å². The molecular formula is C15H20N2O3. The van der Waals surface area contributed by atoms with Crippen molar-refractivity contribution in [1.82, 2.24) is 10.3 Å². The van der Waals surface area contributed by atoms with Crippen molar-refractivity contribution in [3.05, 3.63) is 30.0 Å². The highest BCUT2D eigenvalue weighted by Gasteiger charge is 2.22. The van der Waals surface area contributed by atoms with Crippen molar-refractivity contribution in [1.29, 1.82) is 0 Å². The van der Waals surface area contributed by atoms with Gasteiger partial charge in [-0.2, -0.15) is 0 Å². The van der Waals surface area contributed by atoms with Crippen LogP contribution in [0.4, 0.5) is 0 Å². The van der Waals surface area contributed by atoms with Crippen LogP contribution in [0.3, 0.4) is 0 Å². The Kier molecular flexibility index (Phi) is 4.29. The summed E-state index contributed by atoms with van der Waals surface area (Å²) in [5.74, 6) is 0.220. The summed E-state index contributed by atoms with van der Waals surface area (Å²) in [6, 6.07) is 4.87. The lowest BCUT2D eigenvalue weighted by atomic mass is 10.0. The lowest BCUT2D eigenvalue weighted by molar-refractivity contribution is -0.139. The normalized spacial score (nSPS) is 12.8. The van der Waals surface area contributed by atoms with Gasteiger partial charge < -0.3 is 20.1 Å². The van der Waals surface area contributed by atoms with Crippen molar-refractivity contribution in [2.75, 3.05) is 13.7 Å². The number of rotatable bonds is 6. The molecule has 0 aliphatic rings. The van der Waals surface area contributed by atoms with E-state index in [2.05, 4.69) is 10.3 Å². The van der Waals surface area contributed by atoms with Crippen LogP contribution in [-0.4, -0.2) is 29.7 Å². The van der Waals surface area contributed by atoms with E-state index in [1.807, 2.05) is 32.0 Å². The Hall–Kier alpha value is -2.01. The minimum atomic E-state index is -0.880. The van der Waals surface area contributed by atoms with Gasteiger partial charge in [0, 0.05) is 22.7 Å². The van der Waals surface area contributed by atoms with Gasteiger partial charge in [0.2, 0.25) is 0 Å². The highest BCUT2D eigenvalue weighted by Crippen LogP contribution is 2.28. The van der Waals surface area contributed by atoms with E-state index in [0.717, 1.165) is 16.5 Å². The zero-order valence-corrected chi connectivity index (χ0v) is 11.9. The number of methoxy groups -OCH3 is 1. The number of aromatic amines is 1. The number of H-pyrrole nitrogens is 1. The van der Waals surface area contributed by atoms with Gasteiger partial charge in [0.1, 0.15) is 11.8 Å². The van der Waals surface area contributed by atoms with Crippen LogP contribution in [0.15, 0.2) is 24.4 Å². The summed E-state index contributed by atoms with van der Waals surface area (Å²) in [4.78, 5) is 14.6. The molecule has 5 nitrogen and oxygen atoms in total. The van der Waals surface area contributed by atoms with Crippen LogP contribution >= 0.6 is 0 Å². The Labute approximate surface area is 117 Å². The summed E-state index contributed by atoms with van der Waals surface area (Å²) < 4.78 is 5.20. The fourth-order valence-corrected chi connectivity index (χ4v) is 2.17. The van der Waals surface area contributed by atoms with Crippen LogP contribution in [0.1, 0.15) is 25.5 Å². The molecule has 2 rings (SSSR count). The Balaban J connectivity index is 2.39. The van der Waals surface area contributed by atoms with Crippen molar-refractivity contribution in [3.63, 3.8) is 0 Å². The highest BCUT2D eigenvalue weighted by atomic mass is 16.5. The Morgan fingerprint density at radius 2 is 2.20 bits per heavy atom. The van der Waals surface area contributed by atoms with Gasteiger partial charge >= 0.3 is 5.97 Å². The number of carboxylic acid groups (broad SMARTS) is 1. The minimum Gasteiger partial charge on any atom is -0.497 e. The van der Waals surface area contributed by atoms with Crippen molar-refractivity contribution >= 4 is 16.9 Å². The van der Waals surface area contributed by atoms with Gasteiger partial charge in [-0.15, -0.1) is 0 Å². The maximum Gasteiger partial charge on any atom is 0.325 e.